The van der Waals surface area contributed by atoms with Gasteiger partial charge in [0.05, 0.1) is 13.2 Å². The van der Waals surface area contributed by atoms with E-state index in [2.05, 4.69) is 17.7 Å². The first-order chi connectivity index (χ1) is 12.6. The van der Waals surface area contributed by atoms with Gasteiger partial charge in [0.1, 0.15) is 0 Å². The van der Waals surface area contributed by atoms with Crippen LogP contribution in [0.2, 0.25) is 0 Å². The zero-order chi connectivity index (χ0) is 19.3. The summed E-state index contributed by atoms with van der Waals surface area (Å²) in [6.45, 7) is 5.83. The molecule has 0 atom stereocenters. The summed E-state index contributed by atoms with van der Waals surface area (Å²) in [5.74, 6) is 0. The Kier molecular flexibility index (Phi) is 25.3. The molecule has 0 aliphatic carbocycles. The van der Waals surface area contributed by atoms with Gasteiger partial charge in [0.2, 0.25) is 0 Å². The second kappa shape index (κ2) is 22.9. The van der Waals surface area contributed by atoms with Crippen molar-refractivity contribution < 1.29 is 16.8 Å². The Morgan fingerprint density at radius 1 is 0.667 bits per heavy atom. The molecule has 0 fully saturated rings. The van der Waals surface area contributed by atoms with Crippen molar-refractivity contribution in [3.05, 3.63) is 12.7 Å². The van der Waals surface area contributed by atoms with Crippen molar-refractivity contribution in [1.82, 2.24) is 0 Å². The molecular formula is C21H43NaO4S. The van der Waals surface area contributed by atoms with Gasteiger partial charge in [0.15, 0.2) is 0 Å². The average Bonchev–Trinajstić information content (AvgIpc) is 2.62. The summed E-state index contributed by atoms with van der Waals surface area (Å²) in [4.78, 5) is 0. The molecule has 0 saturated carbocycles. The van der Waals surface area contributed by atoms with Crippen LogP contribution >= 0.6 is 0 Å². The molecule has 0 aliphatic heterocycles. The molecule has 0 spiro atoms. The molecule has 6 heteroatoms. The minimum absolute atomic E-state index is 0. The van der Waals surface area contributed by atoms with Gasteiger partial charge in [-0.05, 0) is 6.42 Å². The Hall–Kier alpha value is 0.610. The molecule has 0 amide bonds. The van der Waals surface area contributed by atoms with Gasteiger partial charge in [-0.15, -0.1) is 6.58 Å². The summed E-state index contributed by atoms with van der Waals surface area (Å²) in [7, 11) is -3.84. The molecule has 0 radical (unpaired) electrons. The zero-order valence-electron chi connectivity index (χ0n) is 17.1. The third kappa shape index (κ3) is 24.6. The van der Waals surface area contributed by atoms with Crippen LogP contribution in [0, 0.1) is 0 Å². The third-order valence-electron chi connectivity index (χ3n) is 4.56. The van der Waals surface area contributed by atoms with Crippen LogP contribution in [0.4, 0.5) is 0 Å². The van der Waals surface area contributed by atoms with E-state index in [9.17, 15) is 8.42 Å². The molecule has 0 aliphatic rings. The van der Waals surface area contributed by atoms with Crippen LogP contribution < -0.4 is 0 Å². The first-order valence-electron chi connectivity index (χ1n) is 10.8. The fourth-order valence-corrected chi connectivity index (χ4v) is 3.63. The van der Waals surface area contributed by atoms with Crippen molar-refractivity contribution in [2.75, 3.05) is 13.2 Å². The molecule has 0 aromatic rings. The monoisotopic (exact) mass is 414 g/mol. The van der Waals surface area contributed by atoms with Crippen LogP contribution in [-0.2, 0) is 18.8 Å². The van der Waals surface area contributed by atoms with Gasteiger partial charge >= 0.3 is 40.0 Å². The van der Waals surface area contributed by atoms with Crippen LogP contribution in [0.15, 0.2) is 12.7 Å². The zero-order valence-corrected chi connectivity index (χ0v) is 17.9. The van der Waals surface area contributed by atoms with E-state index in [0.717, 1.165) is 19.3 Å². The Balaban J connectivity index is 0. The van der Waals surface area contributed by atoms with Gasteiger partial charge in [-0.2, -0.15) is 8.42 Å². The van der Waals surface area contributed by atoms with E-state index in [1.54, 1.807) is 0 Å². The Morgan fingerprint density at radius 2 is 1.04 bits per heavy atom. The Labute approximate surface area is 191 Å². The molecular weight excluding hydrogens is 371 g/mol. The molecule has 0 saturated heterocycles. The molecule has 4 nitrogen and oxygen atoms in total. The molecule has 0 aromatic carbocycles. The summed E-state index contributed by atoms with van der Waals surface area (Å²) in [6.07, 6.45) is 22.1. The van der Waals surface area contributed by atoms with Crippen molar-refractivity contribution in [3.63, 3.8) is 0 Å². The first-order valence-corrected chi connectivity index (χ1v) is 12.1. The summed E-state index contributed by atoms with van der Waals surface area (Å²) >= 11 is 0. The Morgan fingerprint density at radius 3 is 1.41 bits per heavy atom. The van der Waals surface area contributed by atoms with Crippen LogP contribution in [0.1, 0.15) is 110 Å². The minimum atomic E-state index is -3.84. The van der Waals surface area contributed by atoms with E-state index in [-0.39, 0.29) is 42.8 Å². The number of hydrogen-bond acceptors (Lipinski definition) is 4. The van der Waals surface area contributed by atoms with Crippen molar-refractivity contribution in [2.24, 2.45) is 0 Å². The van der Waals surface area contributed by atoms with Crippen molar-refractivity contribution in [1.29, 1.82) is 0 Å². The van der Waals surface area contributed by atoms with Gasteiger partial charge in [-0.25, -0.2) is 8.37 Å². The second-order valence-electron chi connectivity index (χ2n) is 7.11. The van der Waals surface area contributed by atoms with Gasteiger partial charge in [0, 0.05) is 0 Å². The quantitative estimate of drug-likeness (QED) is 0.130. The van der Waals surface area contributed by atoms with Gasteiger partial charge in [0.25, 0.3) is 0 Å². The third-order valence-corrected chi connectivity index (χ3v) is 5.44. The van der Waals surface area contributed by atoms with Gasteiger partial charge in [-0.1, -0.05) is 109 Å². The topological polar surface area (TPSA) is 52.6 Å². The van der Waals surface area contributed by atoms with E-state index >= 15 is 0 Å². The molecule has 27 heavy (non-hydrogen) atoms. The van der Waals surface area contributed by atoms with Crippen molar-refractivity contribution >= 4 is 40.0 Å². The molecule has 0 bridgehead atoms. The molecule has 0 unspecified atom stereocenters. The normalized spacial score (nSPS) is 11.3. The predicted molar refractivity (Wildman–Crippen MR) is 118 cm³/mol. The van der Waals surface area contributed by atoms with Gasteiger partial charge in [-0.3, -0.25) is 0 Å². The summed E-state index contributed by atoms with van der Waals surface area (Å²) < 4.78 is 31.8. The van der Waals surface area contributed by atoms with Gasteiger partial charge < -0.3 is 0 Å². The summed E-state index contributed by atoms with van der Waals surface area (Å²) in [5.41, 5.74) is 0. The van der Waals surface area contributed by atoms with E-state index in [1.807, 2.05) is 0 Å². The SMILES string of the molecule is C=CCOS(=O)(=O)OCCCCCCCCCCCCCCCCCC.[NaH]. The van der Waals surface area contributed by atoms with Crippen LogP contribution in [0.3, 0.4) is 0 Å². The van der Waals surface area contributed by atoms with E-state index < -0.39 is 10.4 Å². The van der Waals surface area contributed by atoms with Crippen molar-refractivity contribution in [2.45, 2.75) is 110 Å². The molecule has 0 heterocycles. The van der Waals surface area contributed by atoms with Crippen LogP contribution in [-0.4, -0.2) is 51.2 Å². The van der Waals surface area contributed by atoms with E-state index in [0.29, 0.717) is 0 Å². The molecule has 0 N–H and O–H groups in total. The average molecular weight is 415 g/mol. The van der Waals surface area contributed by atoms with Crippen molar-refractivity contribution in [3.8, 4) is 0 Å². The fraction of sp³-hybridized carbons (Fsp3) is 0.905. The summed E-state index contributed by atoms with van der Waals surface area (Å²) in [5, 5.41) is 0. The van der Waals surface area contributed by atoms with E-state index in [1.165, 1.54) is 89.5 Å². The van der Waals surface area contributed by atoms with Crippen LogP contribution in [0.5, 0.6) is 0 Å². The second-order valence-corrected chi connectivity index (χ2v) is 8.39. The maximum atomic E-state index is 11.3. The van der Waals surface area contributed by atoms with E-state index in [4.69, 9.17) is 4.18 Å². The standard InChI is InChI=1S/C21H42O4S.Na.H/c1-3-5-6-7-8-9-10-11-12-13-14-15-16-17-18-19-21-25-26(22,23)24-20-4-2;;/h4H,2-3,5-21H2,1H3;;. The Bertz CT molecular complexity index is 399. The molecule has 0 aromatic heterocycles. The maximum absolute atomic E-state index is 11.3. The first kappa shape index (κ1) is 29.8. The number of unbranched alkanes of at least 4 members (excludes halogenated alkanes) is 15. The van der Waals surface area contributed by atoms with Crippen LogP contribution in [0.25, 0.3) is 0 Å². The molecule has 0 rings (SSSR count). The summed E-state index contributed by atoms with van der Waals surface area (Å²) in [6, 6.07) is 0. The number of rotatable bonds is 21. The predicted octanol–water partition coefficient (Wildman–Crippen LogP) is 6.06. The number of hydrogen-bond donors (Lipinski definition) is 0. The fourth-order valence-electron chi connectivity index (χ4n) is 2.98. The molecule has 158 valence electrons.